The monoisotopic (exact) mass is 423 g/mol. The van der Waals surface area contributed by atoms with Gasteiger partial charge in [0.25, 0.3) is 5.91 Å². The molecule has 1 aromatic heterocycles. The molecule has 0 unspecified atom stereocenters. The second kappa shape index (κ2) is 8.04. The van der Waals surface area contributed by atoms with Crippen molar-refractivity contribution in [1.29, 1.82) is 0 Å². The van der Waals surface area contributed by atoms with Gasteiger partial charge in [0.15, 0.2) is 5.75 Å². The van der Waals surface area contributed by atoms with Crippen LogP contribution in [0.15, 0.2) is 36.7 Å². The summed E-state index contributed by atoms with van der Waals surface area (Å²) in [6.45, 7) is 0.606. The van der Waals surface area contributed by atoms with Crippen LogP contribution in [0.4, 0.5) is 14.5 Å². The zero-order chi connectivity index (χ0) is 21.3. The second-order valence-electron chi connectivity index (χ2n) is 6.39. The summed E-state index contributed by atoms with van der Waals surface area (Å²) in [6, 6.07) is 6.71. The highest BCUT2D eigenvalue weighted by Gasteiger charge is 2.21. The van der Waals surface area contributed by atoms with Crippen molar-refractivity contribution in [1.82, 2.24) is 9.55 Å². The summed E-state index contributed by atoms with van der Waals surface area (Å²) in [7, 11) is 0. The molecular formula is C19H16ClF2N3O4. The van der Waals surface area contributed by atoms with Crippen molar-refractivity contribution in [3.63, 3.8) is 0 Å². The minimum atomic E-state index is -3.14. The molecule has 29 heavy (non-hydrogen) atoms. The number of benzene rings is 2. The summed E-state index contributed by atoms with van der Waals surface area (Å²) in [4.78, 5) is 28.6. The Morgan fingerprint density at radius 1 is 1.28 bits per heavy atom. The second-order valence-corrected chi connectivity index (χ2v) is 6.80. The Hall–Kier alpha value is -3.20. The van der Waals surface area contributed by atoms with Crippen molar-refractivity contribution < 1.29 is 28.2 Å². The zero-order valence-corrected chi connectivity index (χ0v) is 16.1. The topological polar surface area (TPSA) is 93.5 Å². The van der Waals surface area contributed by atoms with Gasteiger partial charge in [-0.15, -0.1) is 0 Å². The van der Waals surface area contributed by atoms with Gasteiger partial charge in [-0.1, -0.05) is 17.7 Å². The standard InChI is InChI=1S/C19H16ClF2N3O4/c1-9(2)25-8-23-14-7-10(6-11(15(14)25)18(27)28)17(26)24-13-5-3-4-12(20)16(13)29-19(21)22/h3-9,19H,1-2H3,(H,24,26)(H,27,28). The fraction of sp³-hybridized carbons (Fsp3) is 0.211. The first-order valence-electron chi connectivity index (χ1n) is 8.47. The molecule has 0 radical (unpaired) electrons. The number of carboxylic acids is 1. The number of amides is 1. The van der Waals surface area contributed by atoms with E-state index in [1.165, 1.54) is 36.7 Å². The molecule has 0 saturated carbocycles. The van der Waals surface area contributed by atoms with Gasteiger partial charge in [0.2, 0.25) is 0 Å². The first-order valence-corrected chi connectivity index (χ1v) is 8.85. The molecule has 0 bridgehead atoms. The summed E-state index contributed by atoms with van der Waals surface area (Å²) < 4.78 is 31.4. The Balaban J connectivity index is 2.03. The number of halogens is 3. The molecule has 0 fully saturated rings. The lowest BCUT2D eigenvalue weighted by atomic mass is 10.1. The third-order valence-corrected chi connectivity index (χ3v) is 4.44. The van der Waals surface area contributed by atoms with Crippen LogP contribution in [0, 0.1) is 0 Å². The van der Waals surface area contributed by atoms with Crippen molar-refractivity contribution in [2.45, 2.75) is 26.5 Å². The number of carboxylic acid groups (broad SMARTS) is 1. The number of rotatable bonds is 6. The quantitative estimate of drug-likeness (QED) is 0.592. The highest BCUT2D eigenvalue weighted by molar-refractivity contribution is 6.32. The van der Waals surface area contributed by atoms with Crippen LogP contribution in [0.1, 0.15) is 40.6 Å². The van der Waals surface area contributed by atoms with Crippen LogP contribution in [0.2, 0.25) is 5.02 Å². The van der Waals surface area contributed by atoms with Gasteiger partial charge in [-0.05, 0) is 38.1 Å². The first kappa shape index (κ1) is 20.5. The average molecular weight is 424 g/mol. The summed E-state index contributed by atoms with van der Waals surface area (Å²) in [5, 5.41) is 11.9. The Labute approximate surface area is 168 Å². The number of nitrogens with zero attached hydrogens (tertiary/aromatic N) is 2. The molecule has 152 valence electrons. The third kappa shape index (κ3) is 4.14. The molecule has 1 amide bonds. The highest BCUT2D eigenvalue weighted by Crippen LogP contribution is 2.34. The summed E-state index contributed by atoms with van der Waals surface area (Å²) in [5.74, 6) is -2.34. The number of aromatic nitrogens is 2. The largest absolute Gasteiger partial charge is 0.478 e. The van der Waals surface area contributed by atoms with E-state index in [-0.39, 0.29) is 33.6 Å². The van der Waals surface area contributed by atoms with Gasteiger partial charge in [0.1, 0.15) is 0 Å². The SMILES string of the molecule is CC(C)n1cnc2cc(C(=O)Nc3cccc(Cl)c3OC(F)F)cc(C(=O)O)c21. The molecule has 0 saturated heterocycles. The van der Waals surface area contributed by atoms with Crippen molar-refractivity contribution in [3.8, 4) is 5.75 Å². The van der Waals surface area contributed by atoms with E-state index >= 15 is 0 Å². The number of hydrogen-bond donors (Lipinski definition) is 2. The number of aromatic carboxylic acids is 1. The van der Waals surface area contributed by atoms with Gasteiger partial charge >= 0.3 is 12.6 Å². The minimum absolute atomic E-state index is 0.00752. The van der Waals surface area contributed by atoms with Gasteiger partial charge in [-0.3, -0.25) is 4.79 Å². The number of para-hydroxylation sites is 1. The lowest BCUT2D eigenvalue weighted by Gasteiger charge is -2.14. The van der Waals surface area contributed by atoms with E-state index in [9.17, 15) is 23.5 Å². The molecule has 2 N–H and O–H groups in total. The molecule has 3 rings (SSSR count). The van der Waals surface area contributed by atoms with Crippen molar-refractivity contribution in [2.24, 2.45) is 0 Å². The predicted octanol–water partition coefficient (Wildman–Crippen LogP) is 4.82. The van der Waals surface area contributed by atoms with Crippen LogP contribution >= 0.6 is 11.6 Å². The van der Waals surface area contributed by atoms with Crippen LogP contribution in [0.25, 0.3) is 11.0 Å². The van der Waals surface area contributed by atoms with E-state index in [0.29, 0.717) is 11.0 Å². The molecule has 10 heteroatoms. The molecule has 0 spiro atoms. The van der Waals surface area contributed by atoms with Crippen LogP contribution in [0.3, 0.4) is 0 Å². The molecule has 3 aromatic rings. The van der Waals surface area contributed by atoms with Crippen molar-refractivity contribution >= 4 is 40.2 Å². The van der Waals surface area contributed by atoms with Gasteiger partial charge < -0.3 is 19.7 Å². The first-order chi connectivity index (χ1) is 13.7. The molecule has 2 aromatic carbocycles. The number of nitrogens with one attached hydrogen (secondary N) is 1. The molecular weight excluding hydrogens is 408 g/mol. The fourth-order valence-electron chi connectivity index (χ4n) is 2.87. The van der Waals surface area contributed by atoms with Crippen molar-refractivity contribution in [2.75, 3.05) is 5.32 Å². The number of ether oxygens (including phenoxy) is 1. The van der Waals surface area contributed by atoms with Crippen LogP contribution < -0.4 is 10.1 Å². The fourth-order valence-corrected chi connectivity index (χ4v) is 3.09. The smallest absolute Gasteiger partial charge is 0.387 e. The Morgan fingerprint density at radius 3 is 2.62 bits per heavy atom. The number of anilines is 1. The van der Waals surface area contributed by atoms with Gasteiger partial charge in [0, 0.05) is 11.6 Å². The predicted molar refractivity (Wildman–Crippen MR) is 103 cm³/mol. The summed E-state index contributed by atoms with van der Waals surface area (Å²) >= 11 is 5.88. The highest BCUT2D eigenvalue weighted by atomic mass is 35.5. The molecule has 0 aliphatic rings. The average Bonchev–Trinajstić information content (AvgIpc) is 3.07. The molecule has 1 heterocycles. The molecule has 7 nitrogen and oxygen atoms in total. The number of fused-ring (bicyclic) bond motifs is 1. The summed E-state index contributed by atoms with van der Waals surface area (Å²) in [6.07, 6.45) is 1.50. The summed E-state index contributed by atoms with van der Waals surface area (Å²) in [5.41, 5.74) is 0.515. The van der Waals surface area contributed by atoms with E-state index in [1.54, 1.807) is 4.57 Å². The number of alkyl halides is 2. The van der Waals surface area contributed by atoms with Gasteiger partial charge in [-0.2, -0.15) is 8.78 Å². The minimum Gasteiger partial charge on any atom is -0.478 e. The zero-order valence-electron chi connectivity index (χ0n) is 15.3. The lowest BCUT2D eigenvalue weighted by Crippen LogP contribution is -2.15. The van der Waals surface area contributed by atoms with Crippen LogP contribution in [-0.2, 0) is 0 Å². The van der Waals surface area contributed by atoms with Gasteiger partial charge in [-0.25, -0.2) is 9.78 Å². The van der Waals surface area contributed by atoms with Crippen molar-refractivity contribution in [3.05, 3.63) is 52.8 Å². The number of imidazole rings is 1. The van der Waals surface area contributed by atoms with E-state index in [4.69, 9.17) is 11.6 Å². The Morgan fingerprint density at radius 2 is 2.00 bits per heavy atom. The number of hydrogen-bond acceptors (Lipinski definition) is 4. The van der Waals surface area contributed by atoms with Crippen LogP contribution in [-0.4, -0.2) is 33.1 Å². The normalized spacial score (nSPS) is 11.3. The third-order valence-electron chi connectivity index (χ3n) is 4.14. The maximum atomic E-state index is 12.7. The van der Waals surface area contributed by atoms with E-state index in [0.717, 1.165) is 0 Å². The van der Waals surface area contributed by atoms with Gasteiger partial charge in [0.05, 0.1) is 33.6 Å². The lowest BCUT2D eigenvalue weighted by molar-refractivity contribution is -0.0493. The maximum Gasteiger partial charge on any atom is 0.387 e. The molecule has 0 atom stereocenters. The Kier molecular flexibility index (Phi) is 5.69. The van der Waals surface area contributed by atoms with E-state index in [1.807, 2.05) is 13.8 Å². The maximum absolute atomic E-state index is 12.7. The Bertz CT molecular complexity index is 1100. The van der Waals surface area contributed by atoms with Crippen LogP contribution in [0.5, 0.6) is 5.75 Å². The number of carbonyl (C=O) groups excluding carboxylic acids is 1. The molecule has 0 aliphatic carbocycles. The number of carbonyl (C=O) groups is 2. The molecule has 0 aliphatic heterocycles. The van der Waals surface area contributed by atoms with E-state index in [2.05, 4.69) is 15.0 Å². The van der Waals surface area contributed by atoms with E-state index < -0.39 is 18.5 Å².